The molecule has 0 radical (unpaired) electrons. The van der Waals surface area contributed by atoms with Crippen molar-refractivity contribution in [1.29, 1.82) is 0 Å². The third kappa shape index (κ3) is 2.61. The fraction of sp³-hybridized carbons (Fsp3) is 0.400. The van der Waals surface area contributed by atoms with Gasteiger partial charge in [-0.15, -0.1) is 0 Å². The van der Waals surface area contributed by atoms with Crippen molar-refractivity contribution >= 4 is 16.9 Å². The van der Waals surface area contributed by atoms with Gasteiger partial charge in [-0.25, -0.2) is 4.68 Å². The normalized spacial score (nSPS) is 11.1. The van der Waals surface area contributed by atoms with E-state index in [0.717, 1.165) is 32.0 Å². The Morgan fingerprint density at radius 3 is 2.86 bits per heavy atom. The lowest BCUT2D eigenvalue weighted by Crippen LogP contribution is -2.08. The molecule has 0 aliphatic rings. The van der Waals surface area contributed by atoms with Gasteiger partial charge in [0.05, 0.1) is 0 Å². The van der Waals surface area contributed by atoms with Crippen LogP contribution in [0.25, 0.3) is 10.9 Å². The van der Waals surface area contributed by atoms with Gasteiger partial charge in [-0.1, -0.05) is 30.2 Å². The summed E-state index contributed by atoms with van der Waals surface area (Å²) in [5.74, 6) is 0.727. The molecule has 0 saturated carbocycles. The number of anilines is 1. The number of rotatable bonds is 6. The van der Waals surface area contributed by atoms with Crippen LogP contribution in [0.5, 0.6) is 0 Å². The number of aryl methyl sites for hydroxylation is 2. The highest BCUT2D eigenvalue weighted by Crippen LogP contribution is 2.22. The number of hydrogen-bond donors (Lipinski definition) is 1. The molecule has 2 aromatic heterocycles. The minimum Gasteiger partial charge on any atom is -0.349 e. The van der Waals surface area contributed by atoms with Crippen molar-refractivity contribution in [3.05, 3.63) is 36.0 Å². The van der Waals surface area contributed by atoms with Gasteiger partial charge in [0.2, 0.25) is 5.95 Å². The Balaban J connectivity index is 1.83. The molecule has 0 aliphatic carbocycles. The monoisotopic (exact) mass is 284 g/mol. The number of tetrazole rings is 1. The first-order valence-corrected chi connectivity index (χ1v) is 7.40. The van der Waals surface area contributed by atoms with Crippen LogP contribution in [0.2, 0.25) is 0 Å². The molecule has 21 heavy (non-hydrogen) atoms. The summed E-state index contributed by atoms with van der Waals surface area (Å²) < 4.78 is 4.07. The molecule has 0 fully saturated rings. The zero-order chi connectivity index (χ0) is 14.7. The highest BCUT2D eigenvalue weighted by molar-refractivity contribution is 5.84. The van der Waals surface area contributed by atoms with Crippen LogP contribution < -0.4 is 5.32 Å². The van der Waals surface area contributed by atoms with E-state index in [-0.39, 0.29) is 0 Å². The highest BCUT2D eigenvalue weighted by Gasteiger charge is 2.09. The summed E-state index contributed by atoms with van der Waals surface area (Å²) in [5.41, 5.74) is 2.53. The molecule has 0 spiro atoms. The van der Waals surface area contributed by atoms with Crippen molar-refractivity contribution < 1.29 is 0 Å². The zero-order valence-electron chi connectivity index (χ0n) is 12.5. The van der Waals surface area contributed by atoms with Crippen molar-refractivity contribution in [2.75, 3.05) is 5.32 Å². The molecule has 2 heterocycles. The molecule has 1 aromatic carbocycles. The van der Waals surface area contributed by atoms with Crippen LogP contribution in [-0.2, 0) is 19.6 Å². The Labute approximate surface area is 123 Å². The lowest BCUT2D eigenvalue weighted by molar-refractivity contribution is 0.582. The molecule has 6 heteroatoms. The minimum atomic E-state index is 0.720. The molecular weight excluding hydrogens is 264 g/mol. The van der Waals surface area contributed by atoms with Gasteiger partial charge in [0.15, 0.2) is 0 Å². The second-order valence-electron chi connectivity index (χ2n) is 5.04. The first-order valence-electron chi connectivity index (χ1n) is 7.40. The fourth-order valence-electron chi connectivity index (χ4n) is 2.59. The SMILES string of the molecule is CCCn1nnnc1NCc1cn(CC)c2ccccc12. The number of para-hydroxylation sites is 1. The Bertz CT molecular complexity index is 727. The van der Waals surface area contributed by atoms with E-state index in [1.165, 1.54) is 16.5 Å². The van der Waals surface area contributed by atoms with E-state index < -0.39 is 0 Å². The topological polar surface area (TPSA) is 60.6 Å². The molecule has 3 rings (SSSR count). The smallest absolute Gasteiger partial charge is 0.243 e. The van der Waals surface area contributed by atoms with Crippen molar-refractivity contribution in [3.8, 4) is 0 Å². The summed E-state index contributed by atoms with van der Waals surface area (Å²) in [5, 5.41) is 16.4. The number of nitrogens with zero attached hydrogens (tertiary/aromatic N) is 5. The largest absolute Gasteiger partial charge is 0.349 e. The summed E-state index contributed by atoms with van der Waals surface area (Å²) in [6.07, 6.45) is 3.21. The summed E-state index contributed by atoms with van der Waals surface area (Å²) in [7, 11) is 0. The van der Waals surface area contributed by atoms with E-state index in [1.54, 1.807) is 4.68 Å². The number of aromatic nitrogens is 5. The van der Waals surface area contributed by atoms with E-state index in [1.807, 2.05) is 0 Å². The number of hydrogen-bond acceptors (Lipinski definition) is 4. The third-order valence-corrected chi connectivity index (χ3v) is 3.62. The predicted molar refractivity (Wildman–Crippen MR) is 83.0 cm³/mol. The molecular formula is C15H20N6. The molecule has 0 bridgehead atoms. The number of fused-ring (bicyclic) bond motifs is 1. The molecule has 110 valence electrons. The summed E-state index contributed by atoms with van der Waals surface area (Å²) in [6, 6.07) is 8.47. The molecule has 0 aliphatic heterocycles. The standard InChI is InChI=1S/C15H20N6/c1-3-9-21-15(17-18-19-21)16-10-12-11-20(4-2)14-8-6-5-7-13(12)14/h5-8,11H,3-4,9-10H2,1-2H3,(H,16,17,19). The van der Waals surface area contributed by atoms with Crippen LogP contribution in [0.1, 0.15) is 25.8 Å². The minimum absolute atomic E-state index is 0.720. The fourth-order valence-corrected chi connectivity index (χ4v) is 2.59. The van der Waals surface area contributed by atoms with Gasteiger partial charge in [0.1, 0.15) is 0 Å². The van der Waals surface area contributed by atoms with Crippen LogP contribution in [0.15, 0.2) is 30.5 Å². The van der Waals surface area contributed by atoms with Crippen molar-refractivity contribution in [3.63, 3.8) is 0 Å². The summed E-state index contributed by atoms with van der Waals surface area (Å²) >= 11 is 0. The number of nitrogens with one attached hydrogen (secondary N) is 1. The first-order chi connectivity index (χ1) is 10.3. The average molecular weight is 284 g/mol. The van der Waals surface area contributed by atoms with Gasteiger partial charge < -0.3 is 9.88 Å². The quantitative estimate of drug-likeness (QED) is 0.756. The summed E-state index contributed by atoms with van der Waals surface area (Å²) in [4.78, 5) is 0. The molecule has 6 nitrogen and oxygen atoms in total. The summed E-state index contributed by atoms with van der Waals surface area (Å²) in [6.45, 7) is 6.78. The van der Waals surface area contributed by atoms with Crippen molar-refractivity contribution in [1.82, 2.24) is 24.8 Å². The Morgan fingerprint density at radius 2 is 2.05 bits per heavy atom. The Morgan fingerprint density at radius 1 is 1.19 bits per heavy atom. The molecule has 0 unspecified atom stereocenters. The molecule has 0 atom stereocenters. The van der Waals surface area contributed by atoms with Crippen LogP contribution in [0.4, 0.5) is 5.95 Å². The second kappa shape index (κ2) is 5.95. The average Bonchev–Trinajstić information content (AvgIpc) is 3.10. The van der Waals surface area contributed by atoms with Crippen LogP contribution in [-0.4, -0.2) is 24.8 Å². The second-order valence-corrected chi connectivity index (χ2v) is 5.04. The van der Waals surface area contributed by atoms with Gasteiger partial charge in [0, 0.05) is 36.7 Å². The molecule has 0 saturated heterocycles. The van der Waals surface area contributed by atoms with Gasteiger partial charge >= 0.3 is 0 Å². The van der Waals surface area contributed by atoms with Crippen molar-refractivity contribution in [2.24, 2.45) is 0 Å². The van der Waals surface area contributed by atoms with Crippen molar-refractivity contribution in [2.45, 2.75) is 39.9 Å². The van der Waals surface area contributed by atoms with Gasteiger partial charge in [-0.3, -0.25) is 0 Å². The van der Waals surface area contributed by atoms with Crippen LogP contribution in [0, 0.1) is 0 Å². The Kier molecular flexibility index (Phi) is 3.85. The maximum Gasteiger partial charge on any atom is 0.243 e. The number of benzene rings is 1. The highest BCUT2D eigenvalue weighted by atomic mass is 15.6. The van der Waals surface area contributed by atoms with Gasteiger partial charge in [0.25, 0.3) is 0 Å². The first kappa shape index (κ1) is 13.6. The van der Waals surface area contributed by atoms with E-state index in [4.69, 9.17) is 0 Å². The zero-order valence-corrected chi connectivity index (χ0v) is 12.5. The van der Waals surface area contributed by atoms with E-state index in [0.29, 0.717) is 0 Å². The third-order valence-electron chi connectivity index (χ3n) is 3.62. The predicted octanol–water partition coefficient (Wildman–Crippen LogP) is 2.67. The Hall–Kier alpha value is -2.37. The van der Waals surface area contributed by atoms with Crippen LogP contribution in [0.3, 0.4) is 0 Å². The maximum absolute atomic E-state index is 4.04. The van der Waals surface area contributed by atoms with Gasteiger partial charge in [-0.2, -0.15) is 0 Å². The lowest BCUT2D eigenvalue weighted by atomic mass is 10.2. The molecule has 0 amide bonds. The van der Waals surface area contributed by atoms with Crippen LogP contribution >= 0.6 is 0 Å². The molecule has 1 N–H and O–H groups in total. The molecule has 3 aromatic rings. The lowest BCUT2D eigenvalue weighted by Gasteiger charge is -2.05. The van der Waals surface area contributed by atoms with E-state index in [9.17, 15) is 0 Å². The van der Waals surface area contributed by atoms with E-state index >= 15 is 0 Å². The van der Waals surface area contributed by atoms with Gasteiger partial charge in [-0.05, 0) is 35.4 Å². The maximum atomic E-state index is 4.04. The van der Waals surface area contributed by atoms with E-state index in [2.05, 4.69) is 69.7 Å².